The molecule has 2 aliphatic rings. The van der Waals surface area contributed by atoms with Gasteiger partial charge in [0, 0.05) is 38.6 Å². The molecule has 0 saturated carbocycles. The summed E-state index contributed by atoms with van der Waals surface area (Å²) in [6.45, 7) is 1.74. The highest BCUT2D eigenvalue weighted by Crippen LogP contribution is 2.38. The number of aliphatic carboxylic acids is 1. The number of aromatic nitrogens is 2. The van der Waals surface area contributed by atoms with Gasteiger partial charge in [-0.05, 0) is 31.0 Å². The molecule has 1 N–H and O–H groups in total. The predicted octanol–water partition coefficient (Wildman–Crippen LogP) is 1.97. The Kier molecular flexibility index (Phi) is 4.81. The standard InChI is InChI=1S/C19H21N3O5/c1-25-6-2-3-14-8-20-17(12-4-5-15-16(7-12)27-11-26-15)18(21-14)22-9-13(10-22)19(23)24/h4-5,7-8,13H,2-3,6,9-11H2,1H3,(H,23,24). The minimum absolute atomic E-state index is 0.210. The van der Waals surface area contributed by atoms with Gasteiger partial charge >= 0.3 is 5.97 Å². The Morgan fingerprint density at radius 2 is 2.15 bits per heavy atom. The van der Waals surface area contributed by atoms with Gasteiger partial charge in [-0.3, -0.25) is 9.78 Å². The van der Waals surface area contributed by atoms with Crippen molar-refractivity contribution in [3.8, 4) is 22.8 Å². The largest absolute Gasteiger partial charge is 0.481 e. The Bertz CT molecular complexity index is 851. The topological polar surface area (TPSA) is 94.0 Å². The Morgan fingerprint density at radius 1 is 1.33 bits per heavy atom. The number of carboxylic acids is 1. The van der Waals surface area contributed by atoms with E-state index in [0.717, 1.165) is 24.1 Å². The van der Waals surface area contributed by atoms with Gasteiger partial charge in [0.1, 0.15) is 5.69 Å². The van der Waals surface area contributed by atoms with E-state index in [-0.39, 0.29) is 12.7 Å². The molecule has 0 atom stereocenters. The average molecular weight is 371 g/mol. The van der Waals surface area contributed by atoms with Gasteiger partial charge in [0.05, 0.1) is 11.6 Å². The average Bonchev–Trinajstić information content (AvgIpc) is 3.08. The van der Waals surface area contributed by atoms with Crippen LogP contribution < -0.4 is 14.4 Å². The SMILES string of the molecule is COCCCc1cnc(-c2ccc3c(c2)OCO3)c(N2CC(C(=O)O)C2)n1. The van der Waals surface area contributed by atoms with E-state index in [0.29, 0.717) is 42.7 Å². The molecule has 27 heavy (non-hydrogen) atoms. The summed E-state index contributed by atoms with van der Waals surface area (Å²) in [4.78, 5) is 22.5. The molecule has 0 radical (unpaired) electrons. The zero-order valence-corrected chi connectivity index (χ0v) is 15.1. The van der Waals surface area contributed by atoms with E-state index in [1.165, 1.54) is 0 Å². The third-order valence-electron chi connectivity index (χ3n) is 4.76. The highest BCUT2D eigenvalue weighted by Gasteiger charge is 2.35. The molecule has 3 heterocycles. The van der Waals surface area contributed by atoms with E-state index in [1.54, 1.807) is 13.3 Å². The van der Waals surface area contributed by atoms with Crippen LogP contribution >= 0.6 is 0 Å². The van der Waals surface area contributed by atoms with Crippen molar-refractivity contribution in [2.45, 2.75) is 12.8 Å². The number of carbonyl (C=O) groups is 1. The van der Waals surface area contributed by atoms with Crippen LogP contribution in [0.3, 0.4) is 0 Å². The normalized spacial score (nSPS) is 15.7. The van der Waals surface area contributed by atoms with Crippen molar-refractivity contribution in [1.29, 1.82) is 0 Å². The summed E-state index contributed by atoms with van der Waals surface area (Å²) in [5, 5.41) is 9.18. The Hall–Kier alpha value is -2.87. The number of nitrogens with zero attached hydrogens (tertiary/aromatic N) is 3. The number of aryl methyl sites for hydroxylation is 1. The number of hydrogen-bond donors (Lipinski definition) is 1. The highest BCUT2D eigenvalue weighted by atomic mass is 16.7. The predicted molar refractivity (Wildman–Crippen MR) is 97.1 cm³/mol. The fourth-order valence-corrected chi connectivity index (χ4v) is 3.21. The second kappa shape index (κ2) is 7.40. The monoisotopic (exact) mass is 371 g/mol. The van der Waals surface area contributed by atoms with Crippen molar-refractivity contribution in [2.75, 3.05) is 38.5 Å². The van der Waals surface area contributed by atoms with Crippen LogP contribution in [0.25, 0.3) is 11.3 Å². The van der Waals surface area contributed by atoms with Gasteiger partial charge in [-0.15, -0.1) is 0 Å². The first-order valence-corrected chi connectivity index (χ1v) is 8.88. The van der Waals surface area contributed by atoms with E-state index < -0.39 is 5.97 Å². The molecular formula is C19H21N3O5. The molecule has 1 aromatic carbocycles. The molecule has 1 aromatic heterocycles. The maximum absolute atomic E-state index is 11.2. The number of ether oxygens (including phenoxy) is 3. The first kappa shape index (κ1) is 17.5. The van der Waals surface area contributed by atoms with Crippen molar-refractivity contribution >= 4 is 11.8 Å². The van der Waals surface area contributed by atoms with E-state index in [1.807, 2.05) is 23.1 Å². The summed E-state index contributed by atoms with van der Waals surface area (Å²) in [6, 6.07) is 5.65. The van der Waals surface area contributed by atoms with Gasteiger partial charge < -0.3 is 24.2 Å². The van der Waals surface area contributed by atoms with Gasteiger partial charge in [-0.2, -0.15) is 0 Å². The van der Waals surface area contributed by atoms with E-state index in [9.17, 15) is 9.90 Å². The third-order valence-corrected chi connectivity index (χ3v) is 4.76. The summed E-state index contributed by atoms with van der Waals surface area (Å²) in [5.74, 6) is 0.950. The van der Waals surface area contributed by atoms with E-state index in [4.69, 9.17) is 19.2 Å². The molecule has 2 aromatic rings. The fourth-order valence-electron chi connectivity index (χ4n) is 3.21. The molecule has 1 saturated heterocycles. The molecule has 8 heteroatoms. The molecule has 0 amide bonds. The molecule has 4 rings (SSSR count). The summed E-state index contributed by atoms with van der Waals surface area (Å²) in [6.07, 6.45) is 3.38. The molecule has 142 valence electrons. The number of hydrogen-bond acceptors (Lipinski definition) is 7. The molecule has 1 fully saturated rings. The van der Waals surface area contributed by atoms with Gasteiger partial charge in [0.15, 0.2) is 17.3 Å². The zero-order valence-electron chi connectivity index (χ0n) is 15.1. The van der Waals surface area contributed by atoms with Crippen LogP contribution in [0, 0.1) is 5.92 Å². The number of methoxy groups -OCH3 is 1. The maximum Gasteiger partial charge on any atom is 0.310 e. The molecule has 8 nitrogen and oxygen atoms in total. The molecule has 2 aliphatic heterocycles. The minimum Gasteiger partial charge on any atom is -0.481 e. The lowest BCUT2D eigenvalue weighted by molar-refractivity contribution is -0.142. The summed E-state index contributed by atoms with van der Waals surface area (Å²) in [5.41, 5.74) is 2.45. The maximum atomic E-state index is 11.2. The zero-order chi connectivity index (χ0) is 18.8. The second-order valence-electron chi connectivity index (χ2n) is 6.64. The van der Waals surface area contributed by atoms with Crippen molar-refractivity contribution in [1.82, 2.24) is 9.97 Å². The smallest absolute Gasteiger partial charge is 0.310 e. The number of carboxylic acid groups (broad SMARTS) is 1. The van der Waals surface area contributed by atoms with Crippen LogP contribution in [0.1, 0.15) is 12.1 Å². The number of fused-ring (bicyclic) bond motifs is 1. The Balaban J connectivity index is 1.64. The Morgan fingerprint density at radius 3 is 2.93 bits per heavy atom. The lowest BCUT2D eigenvalue weighted by Crippen LogP contribution is -2.51. The van der Waals surface area contributed by atoms with Crippen LogP contribution in [0.2, 0.25) is 0 Å². The molecule has 0 bridgehead atoms. The van der Waals surface area contributed by atoms with Crippen molar-refractivity contribution in [3.63, 3.8) is 0 Å². The number of benzene rings is 1. The second-order valence-corrected chi connectivity index (χ2v) is 6.64. The quantitative estimate of drug-likeness (QED) is 0.739. The summed E-state index contributed by atoms with van der Waals surface area (Å²) >= 11 is 0. The van der Waals surface area contributed by atoms with Crippen LogP contribution in [0.5, 0.6) is 11.5 Å². The lowest BCUT2D eigenvalue weighted by Gasteiger charge is -2.38. The van der Waals surface area contributed by atoms with Crippen molar-refractivity contribution < 1.29 is 24.1 Å². The number of anilines is 1. The summed E-state index contributed by atoms with van der Waals surface area (Å²) < 4.78 is 15.9. The fraction of sp³-hybridized carbons (Fsp3) is 0.421. The molecule has 0 aliphatic carbocycles. The molecule has 0 spiro atoms. The van der Waals surface area contributed by atoms with Crippen molar-refractivity contribution in [3.05, 3.63) is 30.1 Å². The third kappa shape index (κ3) is 3.52. The van der Waals surface area contributed by atoms with Crippen molar-refractivity contribution in [2.24, 2.45) is 5.92 Å². The minimum atomic E-state index is -0.778. The first-order chi connectivity index (χ1) is 13.2. The van der Waals surface area contributed by atoms with Gasteiger partial charge in [0.25, 0.3) is 0 Å². The Labute approximate surface area is 156 Å². The van der Waals surface area contributed by atoms with E-state index >= 15 is 0 Å². The lowest BCUT2D eigenvalue weighted by atomic mass is 9.99. The van der Waals surface area contributed by atoms with Crippen LogP contribution in [-0.2, 0) is 16.0 Å². The van der Waals surface area contributed by atoms with Crippen LogP contribution in [-0.4, -0.2) is 54.6 Å². The molecular weight excluding hydrogens is 350 g/mol. The highest BCUT2D eigenvalue weighted by molar-refractivity contribution is 5.79. The van der Waals surface area contributed by atoms with Gasteiger partial charge in [0.2, 0.25) is 6.79 Å². The van der Waals surface area contributed by atoms with Gasteiger partial charge in [-0.1, -0.05) is 0 Å². The van der Waals surface area contributed by atoms with E-state index in [2.05, 4.69) is 4.98 Å². The van der Waals surface area contributed by atoms with Crippen LogP contribution in [0.4, 0.5) is 5.82 Å². The first-order valence-electron chi connectivity index (χ1n) is 8.88. The molecule has 0 unspecified atom stereocenters. The van der Waals surface area contributed by atoms with Crippen LogP contribution in [0.15, 0.2) is 24.4 Å². The van der Waals surface area contributed by atoms with Gasteiger partial charge in [-0.25, -0.2) is 4.98 Å². The number of rotatable bonds is 7. The summed E-state index contributed by atoms with van der Waals surface area (Å²) in [7, 11) is 1.67.